The number of nitrogens with one attached hydrogen (secondary N) is 2. The fourth-order valence-electron chi connectivity index (χ4n) is 3.18. The van der Waals surface area contributed by atoms with Gasteiger partial charge in [0.25, 0.3) is 0 Å². The van der Waals surface area contributed by atoms with Crippen LogP contribution in [0.15, 0.2) is 77.7 Å². The molecule has 0 bridgehead atoms. The maximum atomic E-state index is 13.2. The number of benzene rings is 3. The number of anilines is 1. The second kappa shape index (κ2) is 9.19. The largest absolute Gasteiger partial charge is 0.325 e. The number of aryl methyl sites for hydroxylation is 2. The summed E-state index contributed by atoms with van der Waals surface area (Å²) in [7, 11) is -4.03. The first-order valence-corrected chi connectivity index (χ1v) is 10.9. The second-order valence-electron chi connectivity index (χ2n) is 7.18. The summed E-state index contributed by atoms with van der Waals surface area (Å²) in [4.78, 5) is 12.9. The van der Waals surface area contributed by atoms with Crippen molar-refractivity contribution in [3.63, 3.8) is 0 Å². The molecule has 3 aromatic rings. The van der Waals surface area contributed by atoms with Crippen LogP contribution in [0.25, 0.3) is 0 Å². The summed E-state index contributed by atoms with van der Waals surface area (Å²) in [6.07, 6.45) is 0.165. The number of hydrogen-bond acceptors (Lipinski definition) is 3. The topological polar surface area (TPSA) is 75.3 Å². The van der Waals surface area contributed by atoms with Crippen LogP contribution in [0, 0.1) is 19.7 Å². The predicted molar refractivity (Wildman–Crippen MR) is 115 cm³/mol. The lowest BCUT2D eigenvalue weighted by atomic mass is 10.1. The Morgan fingerprint density at radius 3 is 2.13 bits per heavy atom. The van der Waals surface area contributed by atoms with E-state index >= 15 is 0 Å². The summed E-state index contributed by atoms with van der Waals surface area (Å²) in [5, 5.41) is 2.80. The summed E-state index contributed by atoms with van der Waals surface area (Å²) >= 11 is 0. The van der Waals surface area contributed by atoms with E-state index in [9.17, 15) is 17.6 Å². The number of carbonyl (C=O) groups is 1. The Labute approximate surface area is 176 Å². The van der Waals surface area contributed by atoms with E-state index in [1.165, 1.54) is 12.1 Å². The van der Waals surface area contributed by atoms with Crippen LogP contribution in [0.3, 0.4) is 0 Å². The van der Waals surface area contributed by atoms with Crippen molar-refractivity contribution in [2.24, 2.45) is 0 Å². The van der Waals surface area contributed by atoms with Gasteiger partial charge in [-0.1, -0.05) is 36.4 Å². The van der Waals surface area contributed by atoms with E-state index in [1.54, 1.807) is 0 Å². The van der Waals surface area contributed by atoms with Crippen LogP contribution in [0.5, 0.6) is 0 Å². The molecule has 3 rings (SSSR count). The lowest BCUT2D eigenvalue weighted by Crippen LogP contribution is -2.45. The number of sulfonamides is 1. The van der Waals surface area contributed by atoms with Gasteiger partial charge in [-0.3, -0.25) is 4.79 Å². The van der Waals surface area contributed by atoms with Gasteiger partial charge in [0.2, 0.25) is 15.9 Å². The van der Waals surface area contributed by atoms with Crippen molar-refractivity contribution in [1.29, 1.82) is 0 Å². The molecule has 0 aliphatic rings. The minimum atomic E-state index is -4.03. The number of hydrogen-bond donors (Lipinski definition) is 2. The molecule has 0 heterocycles. The van der Waals surface area contributed by atoms with Gasteiger partial charge in [-0.2, -0.15) is 4.72 Å². The normalized spacial score (nSPS) is 12.4. The lowest BCUT2D eigenvalue weighted by molar-refractivity contribution is -0.117. The van der Waals surface area contributed by atoms with Crippen LogP contribution in [-0.2, 0) is 21.2 Å². The molecule has 0 saturated heterocycles. The first-order chi connectivity index (χ1) is 14.2. The Morgan fingerprint density at radius 1 is 0.933 bits per heavy atom. The second-order valence-corrected chi connectivity index (χ2v) is 8.90. The standard InChI is InChI=1S/C23H23FN2O3S/c1-16-12-17(2)14-20(13-16)25-23(27)22(15-18-6-4-3-5-7-18)26-30(28,29)21-10-8-19(24)9-11-21/h3-14,22,26H,15H2,1-2H3,(H,25,27)/t22-/m0/s1. The van der Waals surface area contributed by atoms with E-state index in [1.807, 2.05) is 62.4 Å². The monoisotopic (exact) mass is 426 g/mol. The van der Waals surface area contributed by atoms with Crippen molar-refractivity contribution in [3.8, 4) is 0 Å². The highest BCUT2D eigenvalue weighted by Crippen LogP contribution is 2.16. The van der Waals surface area contributed by atoms with Crippen molar-refractivity contribution in [3.05, 3.63) is 95.3 Å². The van der Waals surface area contributed by atoms with E-state index < -0.39 is 27.8 Å². The van der Waals surface area contributed by atoms with Crippen LogP contribution in [0.1, 0.15) is 16.7 Å². The molecule has 1 amide bonds. The first kappa shape index (κ1) is 21.7. The molecule has 30 heavy (non-hydrogen) atoms. The zero-order chi connectivity index (χ0) is 21.7. The number of amides is 1. The molecule has 0 aliphatic heterocycles. The molecule has 0 saturated carbocycles. The molecule has 2 N–H and O–H groups in total. The highest BCUT2D eigenvalue weighted by Gasteiger charge is 2.26. The van der Waals surface area contributed by atoms with Gasteiger partial charge in [0.15, 0.2) is 0 Å². The van der Waals surface area contributed by atoms with Gasteiger partial charge in [-0.15, -0.1) is 0 Å². The molecule has 3 aromatic carbocycles. The lowest BCUT2D eigenvalue weighted by Gasteiger charge is -2.19. The van der Waals surface area contributed by atoms with E-state index in [4.69, 9.17) is 0 Å². The first-order valence-electron chi connectivity index (χ1n) is 9.44. The van der Waals surface area contributed by atoms with Crippen molar-refractivity contribution in [1.82, 2.24) is 4.72 Å². The van der Waals surface area contributed by atoms with Gasteiger partial charge in [0.1, 0.15) is 11.9 Å². The minimum Gasteiger partial charge on any atom is -0.325 e. The van der Waals surface area contributed by atoms with E-state index in [0.717, 1.165) is 28.8 Å². The molecule has 0 spiro atoms. The Hall–Kier alpha value is -3.03. The van der Waals surface area contributed by atoms with E-state index in [2.05, 4.69) is 10.0 Å². The van der Waals surface area contributed by atoms with Crippen molar-refractivity contribution >= 4 is 21.6 Å². The average molecular weight is 427 g/mol. The zero-order valence-corrected chi connectivity index (χ0v) is 17.5. The molecule has 0 fully saturated rings. The zero-order valence-electron chi connectivity index (χ0n) is 16.7. The third-order valence-corrected chi connectivity index (χ3v) is 6.00. The molecular weight excluding hydrogens is 403 g/mol. The molecule has 1 atom stereocenters. The van der Waals surface area contributed by atoms with Gasteiger partial charge < -0.3 is 5.32 Å². The molecule has 0 aliphatic carbocycles. The highest BCUT2D eigenvalue weighted by atomic mass is 32.2. The smallest absolute Gasteiger partial charge is 0.242 e. The fraction of sp³-hybridized carbons (Fsp3) is 0.174. The van der Waals surface area contributed by atoms with Crippen molar-refractivity contribution in [2.45, 2.75) is 31.2 Å². The molecule has 0 aromatic heterocycles. The van der Waals surface area contributed by atoms with E-state index in [-0.39, 0.29) is 11.3 Å². The minimum absolute atomic E-state index is 0.110. The number of carbonyl (C=O) groups excluding carboxylic acids is 1. The van der Waals surface area contributed by atoms with Crippen molar-refractivity contribution < 1.29 is 17.6 Å². The Balaban J connectivity index is 1.87. The summed E-state index contributed by atoms with van der Waals surface area (Å²) in [5.74, 6) is -1.02. The molecule has 5 nitrogen and oxygen atoms in total. The fourth-order valence-corrected chi connectivity index (χ4v) is 4.38. The summed E-state index contributed by atoms with van der Waals surface area (Å²) in [5.41, 5.74) is 3.37. The summed E-state index contributed by atoms with van der Waals surface area (Å²) < 4.78 is 41.2. The quantitative estimate of drug-likeness (QED) is 0.600. The predicted octanol–water partition coefficient (Wildman–Crippen LogP) is 3.97. The van der Waals surface area contributed by atoms with Gasteiger partial charge in [-0.05, 0) is 73.4 Å². The van der Waals surface area contributed by atoms with Gasteiger partial charge in [0.05, 0.1) is 4.90 Å². The molecule has 0 radical (unpaired) electrons. The maximum Gasteiger partial charge on any atom is 0.242 e. The van der Waals surface area contributed by atoms with Crippen LogP contribution in [0.4, 0.5) is 10.1 Å². The summed E-state index contributed by atoms with van der Waals surface area (Å²) in [6.45, 7) is 3.84. The third kappa shape index (κ3) is 5.75. The van der Waals surface area contributed by atoms with Crippen LogP contribution in [-0.4, -0.2) is 20.4 Å². The highest BCUT2D eigenvalue weighted by molar-refractivity contribution is 7.89. The van der Waals surface area contributed by atoms with Crippen LogP contribution in [0.2, 0.25) is 0 Å². The van der Waals surface area contributed by atoms with Crippen LogP contribution >= 0.6 is 0 Å². The molecular formula is C23H23FN2O3S. The molecule has 0 unspecified atom stereocenters. The SMILES string of the molecule is Cc1cc(C)cc(NC(=O)[C@H](Cc2ccccc2)NS(=O)(=O)c2ccc(F)cc2)c1. The summed E-state index contributed by atoms with van der Waals surface area (Å²) in [6, 6.07) is 18.2. The molecule has 156 valence electrons. The van der Waals surface area contributed by atoms with Crippen LogP contribution < -0.4 is 10.0 Å². The Bertz CT molecular complexity index is 1110. The average Bonchev–Trinajstić information content (AvgIpc) is 2.67. The van der Waals surface area contributed by atoms with Gasteiger partial charge in [-0.25, -0.2) is 12.8 Å². The molecule has 7 heteroatoms. The number of rotatable bonds is 7. The van der Waals surface area contributed by atoms with E-state index in [0.29, 0.717) is 5.69 Å². The van der Waals surface area contributed by atoms with Crippen molar-refractivity contribution in [2.75, 3.05) is 5.32 Å². The third-order valence-electron chi connectivity index (χ3n) is 4.51. The Kier molecular flexibility index (Phi) is 6.64. The van der Waals surface area contributed by atoms with Gasteiger partial charge >= 0.3 is 0 Å². The Morgan fingerprint density at radius 2 is 1.53 bits per heavy atom. The maximum absolute atomic E-state index is 13.2. The number of halogens is 1. The van der Waals surface area contributed by atoms with Gasteiger partial charge in [0, 0.05) is 5.69 Å².